The molecule has 1 saturated heterocycles. The number of nitrogens with zero attached hydrogens (tertiary/aromatic N) is 2. The third kappa shape index (κ3) is 8.16. The molecule has 0 aromatic carbocycles. The monoisotopic (exact) mass is 405 g/mol. The molecule has 1 saturated carbocycles. The first-order chi connectivity index (χ1) is 11.3. The quantitative estimate of drug-likeness (QED) is 0.671. The van der Waals surface area contributed by atoms with Crippen LogP contribution in [0, 0.1) is 5.92 Å². The minimum atomic E-state index is 0. The van der Waals surface area contributed by atoms with Crippen LogP contribution in [0.5, 0.6) is 0 Å². The average molecular weight is 406 g/mol. The highest BCUT2D eigenvalue weighted by molar-refractivity contribution is 7.98. The normalized spacial score (nSPS) is 17.5. The number of aromatic nitrogens is 1. The molecule has 2 heterocycles. The minimum Gasteiger partial charge on any atom is -0.343 e. The summed E-state index contributed by atoms with van der Waals surface area (Å²) in [6, 6.07) is 6.60. The zero-order valence-corrected chi connectivity index (χ0v) is 17.0. The molecule has 1 aromatic rings. The number of nitrogens with one attached hydrogen (secondary N) is 1. The highest BCUT2D eigenvalue weighted by Gasteiger charge is 2.25. The second-order valence-corrected chi connectivity index (χ2v) is 7.74. The largest absolute Gasteiger partial charge is 0.343 e. The Labute approximate surface area is 167 Å². The number of halogens is 2. The van der Waals surface area contributed by atoms with E-state index in [1.54, 1.807) is 11.8 Å². The van der Waals surface area contributed by atoms with Gasteiger partial charge in [-0.1, -0.05) is 6.07 Å². The van der Waals surface area contributed by atoms with Crippen LogP contribution in [-0.2, 0) is 10.5 Å². The van der Waals surface area contributed by atoms with Gasteiger partial charge in [0.15, 0.2) is 0 Å². The van der Waals surface area contributed by atoms with Crippen LogP contribution >= 0.6 is 36.6 Å². The number of hydrogen-bond acceptors (Lipinski definition) is 4. The summed E-state index contributed by atoms with van der Waals surface area (Å²) in [5.41, 5.74) is 1.09. The Kier molecular flexibility index (Phi) is 10.8. The molecule has 0 spiro atoms. The maximum Gasteiger partial charge on any atom is 0.223 e. The highest BCUT2D eigenvalue weighted by Crippen LogP contribution is 2.28. The summed E-state index contributed by atoms with van der Waals surface area (Å²) in [5.74, 6) is 3.03. The molecule has 1 aromatic heterocycles. The van der Waals surface area contributed by atoms with Crippen molar-refractivity contribution < 1.29 is 4.79 Å². The lowest BCUT2D eigenvalue weighted by molar-refractivity contribution is -0.131. The Balaban J connectivity index is 0.00000156. The summed E-state index contributed by atoms with van der Waals surface area (Å²) in [4.78, 5) is 18.6. The van der Waals surface area contributed by atoms with Crippen molar-refractivity contribution in [3.8, 4) is 0 Å². The lowest BCUT2D eigenvalue weighted by Gasteiger charge is -2.32. The molecule has 1 aliphatic heterocycles. The Hall–Kier alpha value is -0.490. The predicted octanol–water partition coefficient (Wildman–Crippen LogP) is 3.54. The van der Waals surface area contributed by atoms with E-state index in [9.17, 15) is 4.79 Å². The third-order valence-electron chi connectivity index (χ3n) is 4.68. The van der Waals surface area contributed by atoms with Crippen LogP contribution in [0.25, 0.3) is 0 Å². The van der Waals surface area contributed by atoms with Gasteiger partial charge in [-0.25, -0.2) is 0 Å². The van der Waals surface area contributed by atoms with Gasteiger partial charge in [0.25, 0.3) is 0 Å². The molecule has 2 aliphatic rings. The van der Waals surface area contributed by atoms with E-state index in [0.29, 0.717) is 18.4 Å². The van der Waals surface area contributed by atoms with Gasteiger partial charge < -0.3 is 10.2 Å². The highest BCUT2D eigenvalue weighted by atomic mass is 35.5. The predicted molar refractivity (Wildman–Crippen MR) is 110 cm³/mol. The maximum absolute atomic E-state index is 12.3. The van der Waals surface area contributed by atoms with Crippen LogP contribution in [0.2, 0.25) is 0 Å². The topological polar surface area (TPSA) is 45.2 Å². The first-order valence-corrected chi connectivity index (χ1v) is 9.95. The van der Waals surface area contributed by atoms with E-state index in [4.69, 9.17) is 0 Å². The molecule has 2 fully saturated rings. The lowest BCUT2D eigenvalue weighted by Crippen LogP contribution is -2.45. The number of hydrogen-bond donors (Lipinski definition) is 1. The van der Waals surface area contributed by atoms with Crippen LogP contribution in [0.4, 0.5) is 0 Å². The molecule has 0 unspecified atom stereocenters. The number of thioether (sulfide) groups is 1. The summed E-state index contributed by atoms with van der Waals surface area (Å²) in [7, 11) is 0. The van der Waals surface area contributed by atoms with Gasteiger partial charge in [0.05, 0.1) is 5.69 Å². The first kappa shape index (κ1) is 22.6. The van der Waals surface area contributed by atoms with Crippen LogP contribution in [-0.4, -0.2) is 47.2 Å². The molecular weight excluding hydrogens is 377 g/mol. The van der Waals surface area contributed by atoms with Gasteiger partial charge in [-0.15, -0.1) is 24.8 Å². The Morgan fingerprint density at radius 1 is 1.20 bits per heavy atom. The number of amides is 1. The zero-order valence-electron chi connectivity index (χ0n) is 14.6. The second kappa shape index (κ2) is 12.0. The molecule has 1 N–H and O–H groups in total. The number of rotatable bonds is 8. The van der Waals surface area contributed by atoms with Crippen LogP contribution < -0.4 is 5.32 Å². The van der Waals surface area contributed by atoms with Crippen LogP contribution in [0.3, 0.4) is 0 Å². The van der Waals surface area contributed by atoms with Gasteiger partial charge in [0.1, 0.15) is 0 Å². The maximum atomic E-state index is 12.3. The molecule has 0 atom stereocenters. The SMILES string of the molecule is Cl.Cl.O=C(CCSCc1ccccn1)N1CCC(NCC2CC2)CC1. The fourth-order valence-corrected chi connectivity index (χ4v) is 3.81. The molecule has 0 radical (unpaired) electrons. The Morgan fingerprint density at radius 3 is 2.60 bits per heavy atom. The van der Waals surface area contributed by atoms with Crippen LogP contribution in [0.1, 0.15) is 37.8 Å². The van der Waals surface area contributed by atoms with Crippen molar-refractivity contribution >= 4 is 42.5 Å². The molecule has 25 heavy (non-hydrogen) atoms. The van der Waals surface area contributed by atoms with Crippen LogP contribution in [0.15, 0.2) is 24.4 Å². The van der Waals surface area contributed by atoms with Gasteiger partial charge >= 0.3 is 0 Å². The molecule has 0 bridgehead atoms. The molecule has 1 amide bonds. The zero-order chi connectivity index (χ0) is 15.9. The van der Waals surface area contributed by atoms with Gasteiger partial charge in [0, 0.05) is 43.3 Å². The molecule has 3 rings (SSSR count). The summed E-state index contributed by atoms with van der Waals surface area (Å²) < 4.78 is 0. The average Bonchev–Trinajstić information content (AvgIpc) is 3.42. The number of carbonyl (C=O) groups is 1. The van der Waals surface area contributed by atoms with Crippen molar-refractivity contribution in [2.45, 2.75) is 43.9 Å². The standard InChI is InChI=1S/C18H27N3OS.2ClH/c22-18(8-12-23-14-17-3-1-2-9-19-17)21-10-6-16(7-11-21)20-13-15-4-5-15;;/h1-3,9,15-16,20H,4-8,10-14H2;2*1H. The molecule has 1 aliphatic carbocycles. The number of pyridine rings is 1. The molecule has 142 valence electrons. The second-order valence-electron chi connectivity index (χ2n) is 6.63. The van der Waals surface area contributed by atoms with E-state index in [1.165, 1.54) is 19.4 Å². The Bertz CT molecular complexity index is 494. The van der Waals surface area contributed by atoms with Crippen molar-refractivity contribution in [3.05, 3.63) is 30.1 Å². The van der Waals surface area contributed by atoms with Crippen molar-refractivity contribution in [2.75, 3.05) is 25.4 Å². The van der Waals surface area contributed by atoms with E-state index < -0.39 is 0 Å². The van der Waals surface area contributed by atoms with E-state index >= 15 is 0 Å². The van der Waals surface area contributed by atoms with E-state index in [0.717, 1.165) is 49.0 Å². The third-order valence-corrected chi connectivity index (χ3v) is 5.67. The number of likely N-dealkylation sites (tertiary alicyclic amines) is 1. The summed E-state index contributed by atoms with van der Waals surface area (Å²) in [6.45, 7) is 3.03. The van der Waals surface area contributed by atoms with E-state index in [2.05, 4.69) is 15.2 Å². The minimum absolute atomic E-state index is 0. The fourth-order valence-electron chi connectivity index (χ4n) is 2.97. The summed E-state index contributed by atoms with van der Waals surface area (Å²) >= 11 is 1.80. The van der Waals surface area contributed by atoms with Gasteiger partial charge in [0.2, 0.25) is 5.91 Å². The fraction of sp³-hybridized carbons (Fsp3) is 0.667. The van der Waals surface area contributed by atoms with Gasteiger partial charge in [-0.2, -0.15) is 11.8 Å². The van der Waals surface area contributed by atoms with Crippen molar-refractivity contribution in [1.82, 2.24) is 15.2 Å². The lowest BCUT2D eigenvalue weighted by atomic mass is 10.0. The number of carbonyl (C=O) groups excluding carboxylic acids is 1. The molecule has 4 nitrogen and oxygen atoms in total. The van der Waals surface area contributed by atoms with E-state index in [-0.39, 0.29) is 24.8 Å². The number of piperidine rings is 1. The first-order valence-electron chi connectivity index (χ1n) is 8.80. The smallest absolute Gasteiger partial charge is 0.223 e. The summed E-state index contributed by atoms with van der Waals surface area (Å²) in [5, 5.41) is 3.66. The van der Waals surface area contributed by atoms with Gasteiger partial charge in [-0.05, 0) is 50.3 Å². The Morgan fingerprint density at radius 2 is 1.96 bits per heavy atom. The van der Waals surface area contributed by atoms with E-state index in [1.807, 2.05) is 24.4 Å². The van der Waals surface area contributed by atoms with Crippen molar-refractivity contribution in [1.29, 1.82) is 0 Å². The van der Waals surface area contributed by atoms with Gasteiger partial charge in [-0.3, -0.25) is 9.78 Å². The molecule has 7 heteroatoms. The summed E-state index contributed by atoms with van der Waals surface area (Å²) in [6.07, 6.45) is 7.50. The molecular formula is C18H29Cl2N3OS. The van der Waals surface area contributed by atoms with Crippen molar-refractivity contribution in [3.63, 3.8) is 0 Å². The van der Waals surface area contributed by atoms with Crippen molar-refractivity contribution in [2.24, 2.45) is 5.92 Å².